The molecule has 9 heteroatoms. The topological polar surface area (TPSA) is 107 Å². The van der Waals surface area contributed by atoms with Gasteiger partial charge in [-0.1, -0.05) is 11.6 Å². The third-order valence-corrected chi connectivity index (χ3v) is 4.07. The first-order valence-corrected chi connectivity index (χ1v) is 7.65. The minimum atomic E-state index is -3.95. The van der Waals surface area contributed by atoms with E-state index in [9.17, 15) is 8.42 Å². The van der Waals surface area contributed by atoms with Crippen LogP contribution in [-0.2, 0) is 10.0 Å². The van der Waals surface area contributed by atoms with Crippen LogP contribution in [0.15, 0.2) is 29.2 Å². The Morgan fingerprint density at radius 2 is 2.00 bits per heavy atom. The summed E-state index contributed by atoms with van der Waals surface area (Å²) in [4.78, 5) is 7.67. The van der Waals surface area contributed by atoms with Crippen molar-refractivity contribution in [2.24, 2.45) is 0 Å². The SMILES string of the molecule is COc1ccc(N)cc1S(=O)(=O)Nc1nc(C)cc(Cl)n1. The van der Waals surface area contributed by atoms with Crippen molar-refractivity contribution in [1.82, 2.24) is 9.97 Å². The highest BCUT2D eigenvalue weighted by Crippen LogP contribution is 2.27. The van der Waals surface area contributed by atoms with Crippen LogP contribution in [0.3, 0.4) is 0 Å². The van der Waals surface area contributed by atoms with Gasteiger partial charge in [0.1, 0.15) is 15.8 Å². The van der Waals surface area contributed by atoms with Crippen molar-refractivity contribution in [2.45, 2.75) is 11.8 Å². The van der Waals surface area contributed by atoms with Crippen LogP contribution in [0, 0.1) is 6.92 Å². The molecule has 7 nitrogen and oxygen atoms in total. The van der Waals surface area contributed by atoms with Crippen molar-refractivity contribution >= 4 is 33.3 Å². The van der Waals surface area contributed by atoms with E-state index in [1.165, 1.54) is 31.4 Å². The number of nitrogen functional groups attached to an aromatic ring is 1. The molecule has 0 saturated carbocycles. The number of sulfonamides is 1. The predicted molar refractivity (Wildman–Crippen MR) is 80.0 cm³/mol. The highest BCUT2D eigenvalue weighted by Gasteiger charge is 2.21. The van der Waals surface area contributed by atoms with Crippen LogP contribution >= 0.6 is 11.6 Å². The minimum Gasteiger partial charge on any atom is -0.495 e. The van der Waals surface area contributed by atoms with Crippen LogP contribution < -0.4 is 15.2 Å². The molecular formula is C12H13ClN4O3S. The van der Waals surface area contributed by atoms with Gasteiger partial charge in [-0.15, -0.1) is 0 Å². The molecule has 0 fully saturated rings. The molecule has 1 heterocycles. The van der Waals surface area contributed by atoms with Crippen molar-refractivity contribution < 1.29 is 13.2 Å². The zero-order valence-electron chi connectivity index (χ0n) is 11.3. The van der Waals surface area contributed by atoms with Crippen LogP contribution in [0.1, 0.15) is 5.69 Å². The number of nitrogens with two attached hydrogens (primary N) is 1. The van der Waals surface area contributed by atoms with Gasteiger partial charge in [-0.3, -0.25) is 0 Å². The first-order valence-electron chi connectivity index (χ1n) is 5.79. The molecule has 0 aliphatic carbocycles. The molecule has 0 bridgehead atoms. The maximum absolute atomic E-state index is 12.4. The molecule has 0 amide bonds. The maximum atomic E-state index is 12.4. The average Bonchev–Trinajstić information content (AvgIpc) is 2.36. The molecule has 0 spiro atoms. The van der Waals surface area contributed by atoms with E-state index >= 15 is 0 Å². The molecular weight excluding hydrogens is 316 g/mol. The number of benzene rings is 1. The maximum Gasteiger partial charge on any atom is 0.267 e. The molecule has 0 aliphatic heterocycles. The molecule has 0 unspecified atom stereocenters. The van der Waals surface area contributed by atoms with Gasteiger partial charge < -0.3 is 10.5 Å². The summed E-state index contributed by atoms with van der Waals surface area (Å²) in [5, 5.41) is 0.139. The van der Waals surface area contributed by atoms with Gasteiger partial charge in [-0.25, -0.2) is 23.1 Å². The molecule has 1 aromatic heterocycles. The Bertz CT molecular complexity index is 760. The quantitative estimate of drug-likeness (QED) is 0.655. The van der Waals surface area contributed by atoms with E-state index in [0.29, 0.717) is 11.4 Å². The number of ether oxygens (including phenoxy) is 1. The summed E-state index contributed by atoms with van der Waals surface area (Å²) in [7, 11) is -2.59. The number of hydrogen-bond acceptors (Lipinski definition) is 6. The third-order valence-electron chi connectivity index (χ3n) is 2.53. The molecule has 2 rings (SSSR count). The second kappa shape index (κ2) is 5.74. The number of aryl methyl sites for hydroxylation is 1. The summed E-state index contributed by atoms with van der Waals surface area (Å²) in [5.74, 6) is 0.0416. The van der Waals surface area contributed by atoms with E-state index < -0.39 is 10.0 Å². The Morgan fingerprint density at radius 3 is 2.62 bits per heavy atom. The highest BCUT2D eigenvalue weighted by atomic mass is 35.5. The summed E-state index contributed by atoms with van der Waals surface area (Å²) < 4.78 is 32.1. The average molecular weight is 329 g/mol. The second-order valence-electron chi connectivity index (χ2n) is 4.17. The van der Waals surface area contributed by atoms with E-state index in [1.54, 1.807) is 6.92 Å². The van der Waals surface area contributed by atoms with E-state index in [4.69, 9.17) is 22.1 Å². The lowest BCUT2D eigenvalue weighted by Crippen LogP contribution is -2.16. The third kappa shape index (κ3) is 3.53. The number of halogens is 1. The van der Waals surface area contributed by atoms with Crippen molar-refractivity contribution in [3.8, 4) is 5.75 Å². The Balaban J connectivity index is 2.45. The van der Waals surface area contributed by atoms with Crippen LogP contribution in [0.2, 0.25) is 5.15 Å². The number of rotatable bonds is 4. The smallest absolute Gasteiger partial charge is 0.267 e. The van der Waals surface area contributed by atoms with Crippen molar-refractivity contribution in [1.29, 1.82) is 0 Å². The van der Waals surface area contributed by atoms with Crippen molar-refractivity contribution in [2.75, 3.05) is 17.6 Å². The van der Waals surface area contributed by atoms with E-state index in [2.05, 4.69) is 14.7 Å². The van der Waals surface area contributed by atoms with Gasteiger partial charge in [-0.2, -0.15) is 0 Å². The highest BCUT2D eigenvalue weighted by molar-refractivity contribution is 7.92. The molecule has 0 saturated heterocycles. The van der Waals surface area contributed by atoms with Gasteiger partial charge in [0.25, 0.3) is 10.0 Å². The number of hydrogen-bond donors (Lipinski definition) is 2. The lowest BCUT2D eigenvalue weighted by molar-refractivity contribution is 0.403. The minimum absolute atomic E-state index is 0.105. The number of methoxy groups -OCH3 is 1. The normalized spacial score (nSPS) is 11.2. The van der Waals surface area contributed by atoms with E-state index in [0.717, 1.165) is 0 Å². The second-order valence-corrected chi connectivity index (χ2v) is 6.21. The van der Waals surface area contributed by atoms with Gasteiger partial charge in [-0.05, 0) is 31.2 Å². The summed E-state index contributed by atoms with van der Waals surface area (Å²) in [6.07, 6.45) is 0. The van der Waals surface area contributed by atoms with Crippen LogP contribution in [0.25, 0.3) is 0 Å². The van der Waals surface area contributed by atoms with Crippen molar-refractivity contribution in [3.63, 3.8) is 0 Å². The number of aromatic nitrogens is 2. The van der Waals surface area contributed by atoms with Crippen LogP contribution in [0.4, 0.5) is 11.6 Å². The largest absolute Gasteiger partial charge is 0.495 e. The first-order chi connectivity index (χ1) is 9.81. The van der Waals surface area contributed by atoms with Gasteiger partial charge in [0, 0.05) is 11.4 Å². The molecule has 1 aromatic carbocycles. The molecule has 112 valence electrons. The zero-order valence-corrected chi connectivity index (χ0v) is 12.9. The van der Waals surface area contributed by atoms with Gasteiger partial charge >= 0.3 is 0 Å². The molecule has 3 N–H and O–H groups in total. The van der Waals surface area contributed by atoms with Crippen LogP contribution in [0.5, 0.6) is 5.75 Å². The van der Waals surface area contributed by atoms with Crippen LogP contribution in [-0.4, -0.2) is 25.5 Å². The summed E-state index contributed by atoms with van der Waals surface area (Å²) in [6.45, 7) is 1.67. The predicted octanol–water partition coefficient (Wildman–Crippen LogP) is 1.83. The standard InChI is InChI=1S/C12H13ClN4O3S/c1-7-5-11(13)16-12(15-7)17-21(18,19)10-6-8(14)3-4-9(10)20-2/h3-6H,14H2,1-2H3,(H,15,16,17). The molecule has 0 radical (unpaired) electrons. The fourth-order valence-electron chi connectivity index (χ4n) is 1.65. The first kappa shape index (κ1) is 15.3. The molecule has 21 heavy (non-hydrogen) atoms. The Labute approximate surface area is 127 Å². The lowest BCUT2D eigenvalue weighted by atomic mass is 10.3. The summed E-state index contributed by atoms with van der Waals surface area (Å²) in [6, 6.07) is 5.81. The number of anilines is 2. The molecule has 0 aliphatic rings. The Kier molecular flexibility index (Phi) is 4.19. The van der Waals surface area contributed by atoms with Crippen molar-refractivity contribution in [3.05, 3.63) is 35.1 Å². The fraction of sp³-hybridized carbons (Fsp3) is 0.167. The van der Waals surface area contributed by atoms with E-state index in [1.807, 2.05) is 0 Å². The zero-order chi connectivity index (χ0) is 15.6. The number of nitrogens with zero attached hydrogens (tertiary/aromatic N) is 2. The Morgan fingerprint density at radius 1 is 1.29 bits per heavy atom. The van der Waals surface area contributed by atoms with Gasteiger partial charge in [0.15, 0.2) is 0 Å². The van der Waals surface area contributed by atoms with Gasteiger partial charge in [0.2, 0.25) is 5.95 Å². The summed E-state index contributed by atoms with van der Waals surface area (Å²) >= 11 is 5.78. The van der Waals surface area contributed by atoms with Gasteiger partial charge in [0.05, 0.1) is 7.11 Å². The van der Waals surface area contributed by atoms with E-state index in [-0.39, 0.29) is 21.7 Å². The number of nitrogens with one attached hydrogen (secondary N) is 1. The monoisotopic (exact) mass is 328 g/mol. The Hall–Kier alpha value is -2.06. The fourth-order valence-corrected chi connectivity index (χ4v) is 3.04. The summed E-state index contributed by atoms with van der Waals surface area (Å²) in [5.41, 5.74) is 6.45. The lowest BCUT2D eigenvalue weighted by Gasteiger charge is -2.11. The molecule has 2 aromatic rings. The molecule has 0 atom stereocenters.